The van der Waals surface area contributed by atoms with Crippen LogP contribution >= 0.6 is 0 Å². The van der Waals surface area contributed by atoms with Gasteiger partial charge in [0.15, 0.2) is 0 Å². The lowest BCUT2D eigenvalue weighted by atomic mass is 10.0. The fourth-order valence-corrected chi connectivity index (χ4v) is 1.43. The Kier molecular flexibility index (Phi) is 1.89. The van der Waals surface area contributed by atoms with Crippen LogP contribution in [0.2, 0.25) is 0 Å². The zero-order valence-electron chi connectivity index (χ0n) is 7.39. The van der Waals surface area contributed by atoms with Crippen molar-refractivity contribution in [2.75, 3.05) is 0 Å². The molecule has 76 valence electrons. The van der Waals surface area contributed by atoms with Gasteiger partial charge in [-0.25, -0.2) is 9.59 Å². The van der Waals surface area contributed by atoms with Crippen molar-refractivity contribution >= 4 is 22.8 Å². The summed E-state index contributed by atoms with van der Waals surface area (Å²) in [4.78, 5) is 21.7. The van der Waals surface area contributed by atoms with Crippen molar-refractivity contribution < 1.29 is 19.8 Å². The summed E-state index contributed by atoms with van der Waals surface area (Å²) in [6.07, 6.45) is 1.30. The lowest BCUT2D eigenvalue weighted by molar-refractivity contribution is 0.0653. The lowest BCUT2D eigenvalue weighted by Crippen LogP contribution is -2.08. The summed E-state index contributed by atoms with van der Waals surface area (Å²) in [5.41, 5.74) is 0.0163. The number of hydrogen-bond donors (Lipinski definition) is 3. The minimum Gasteiger partial charge on any atom is -0.478 e. The molecule has 0 aliphatic rings. The second kappa shape index (κ2) is 3.09. The molecule has 0 saturated carbocycles. The molecule has 0 unspecified atom stereocenters. The molecule has 1 aromatic carbocycles. The first-order valence-electron chi connectivity index (χ1n) is 4.04. The fourth-order valence-electron chi connectivity index (χ4n) is 1.43. The van der Waals surface area contributed by atoms with Gasteiger partial charge >= 0.3 is 11.9 Å². The summed E-state index contributed by atoms with van der Waals surface area (Å²) >= 11 is 0. The summed E-state index contributed by atoms with van der Waals surface area (Å²) in [6, 6.07) is 2.73. The fraction of sp³-hybridized carbons (Fsp3) is 0. The van der Waals surface area contributed by atoms with Crippen molar-refractivity contribution in [3.63, 3.8) is 0 Å². The third-order valence-corrected chi connectivity index (χ3v) is 2.07. The normalized spacial score (nSPS) is 10.4. The smallest absolute Gasteiger partial charge is 0.337 e. The number of nitrogens with one attached hydrogen (secondary N) is 1. The Morgan fingerprint density at radius 2 is 1.93 bits per heavy atom. The van der Waals surface area contributed by atoms with E-state index in [4.69, 9.17) is 10.2 Å². The molecule has 2 aromatic rings. The van der Waals surface area contributed by atoms with E-state index in [1.165, 1.54) is 18.3 Å². The maximum absolute atomic E-state index is 10.9. The van der Waals surface area contributed by atoms with Crippen LogP contribution in [0.15, 0.2) is 18.3 Å². The number of rotatable bonds is 2. The Labute approximate surface area is 83.2 Å². The van der Waals surface area contributed by atoms with Crippen molar-refractivity contribution in [1.82, 2.24) is 10.2 Å². The van der Waals surface area contributed by atoms with Crippen molar-refractivity contribution in [2.24, 2.45) is 0 Å². The average molecular weight is 206 g/mol. The quantitative estimate of drug-likeness (QED) is 0.678. The van der Waals surface area contributed by atoms with Gasteiger partial charge in [-0.15, -0.1) is 0 Å². The van der Waals surface area contributed by atoms with Gasteiger partial charge in [0.25, 0.3) is 0 Å². The monoisotopic (exact) mass is 206 g/mol. The zero-order valence-corrected chi connectivity index (χ0v) is 7.39. The van der Waals surface area contributed by atoms with Crippen molar-refractivity contribution in [2.45, 2.75) is 0 Å². The largest absolute Gasteiger partial charge is 0.478 e. The zero-order chi connectivity index (χ0) is 11.0. The van der Waals surface area contributed by atoms with E-state index < -0.39 is 11.9 Å². The van der Waals surface area contributed by atoms with Gasteiger partial charge in [0.05, 0.1) is 22.8 Å². The number of carboxylic acids is 2. The Balaban J connectivity index is 2.87. The summed E-state index contributed by atoms with van der Waals surface area (Å²) in [6.45, 7) is 0. The Morgan fingerprint density at radius 3 is 2.53 bits per heavy atom. The van der Waals surface area contributed by atoms with Crippen molar-refractivity contribution in [3.05, 3.63) is 29.5 Å². The molecule has 0 spiro atoms. The SMILES string of the molecule is O=C(O)c1ccc2[nH]ncc2c1C(=O)O. The highest BCUT2D eigenvalue weighted by Gasteiger charge is 2.19. The molecule has 6 heteroatoms. The van der Waals surface area contributed by atoms with Crippen LogP contribution in [-0.4, -0.2) is 32.3 Å². The Hall–Kier alpha value is -2.37. The number of hydrogen-bond acceptors (Lipinski definition) is 3. The van der Waals surface area contributed by atoms with E-state index in [2.05, 4.69) is 10.2 Å². The van der Waals surface area contributed by atoms with Crippen LogP contribution in [-0.2, 0) is 0 Å². The molecule has 6 nitrogen and oxygen atoms in total. The number of aromatic amines is 1. The average Bonchev–Trinajstić information content (AvgIpc) is 2.62. The van der Waals surface area contributed by atoms with Gasteiger partial charge in [-0.3, -0.25) is 5.10 Å². The third kappa shape index (κ3) is 1.32. The van der Waals surface area contributed by atoms with Crippen LogP contribution < -0.4 is 0 Å². The van der Waals surface area contributed by atoms with Crippen LogP contribution in [0.3, 0.4) is 0 Å². The number of benzene rings is 1. The van der Waals surface area contributed by atoms with E-state index in [-0.39, 0.29) is 11.1 Å². The first-order valence-corrected chi connectivity index (χ1v) is 4.04. The minimum absolute atomic E-state index is 0.239. The van der Waals surface area contributed by atoms with Gasteiger partial charge in [-0.2, -0.15) is 5.10 Å². The van der Waals surface area contributed by atoms with Crippen LogP contribution in [0.25, 0.3) is 10.9 Å². The van der Waals surface area contributed by atoms with Crippen LogP contribution in [0.4, 0.5) is 0 Å². The van der Waals surface area contributed by atoms with Gasteiger partial charge in [0, 0.05) is 5.39 Å². The van der Waals surface area contributed by atoms with E-state index in [1.807, 2.05) is 0 Å². The number of nitrogens with zero attached hydrogens (tertiary/aromatic N) is 1. The van der Waals surface area contributed by atoms with Gasteiger partial charge in [-0.1, -0.05) is 0 Å². The number of H-pyrrole nitrogens is 1. The number of carbonyl (C=O) groups is 2. The predicted molar refractivity (Wildman–Crippen MR) is 50.0 cm³/mol. The first-order chi connectivity index (χ1) is 7.11. The molecule has 15 heavy (non-hydrogen) atoms. The summed E-state index contributed by atoms with van der Waals surface area (Å²) in [7, 11) is 0. The molecule has 0 bridgehead atoms. The van der Waals surface area contributed by atoms with E-state index in [0.717, 1.165) is 0 Å². The first kappa shape index (κ1) is 9.20. The molecule has 2 rings (SSSR count). The number of carboxylic acid groups (broad SMARTS) is 2. The molecule has 1 aromatic heterocycles. The molecule has 1 heterocycles. The highest BCUT2D eigenvalue weighted by molar-refractivity contribution is 6.10. The van der Waals surface area contributed by atoms with Crippen LogP contribution in [0.5, 0.6) is 0 Å². The second-order valence-corrected chi connectivity index (χ2v) is 2.93. The van der Waals surface area contributed by atoms with Crippen LogP contribution in [0.1, 0.15) is 20.7 Å². The van der Waals surface area contributed by atoms with E-state index >= 15 is 0 Å². The number of aromatic carboxylic acids is 2. The number of fused-ring (bicyclic) bond motifs is 1. The van der Waals surface area contributed by atoms with Gasteiger partial charge < -0.3 is 10.2 Å². The highest BCUT2D eigenvalue weighted by atomic mass is 16.4. The van der Waals surface area contributed by atoms with E-state index in [9.17, 15) is 9.59 Å². The van der Waals surface area contributed by atoms with Gasteiger partial charge in [0.1, 0.15) is 0 Å². The Bertz CT molecular complexity index is 558. The standard InChI is InChI=1S/C9H6N2O4/c12-8(13)4-1-2-6-5(3-10-11-6)7(4)9(14)15/h1-3H,(H,10,11)(H,12,13)(H,14,15). The Morgan fingerprint density at radius 1 is 1.20 bits per heavy atom. The van der Waals surface area contributed by atoms with Gasteiger partial charge in [0.2, 0.25) is 0 Å². The van der Waals surface area contributed by atoms with Crippen LogP contribution in [0, 0.1) is 0 Å². The summed E-state index contributed by atoms with van der Waals surface area (Å²) in [5, 5.41) is 24.3. The van der Waals surface area contributed by atoms with Crippen molar-refractivity contribution in [3.8, 4) is 0 Å². The molecule has 0 fully saturated rings. The summed E-state index contributed by atoms with van der Waals surface area (Å²) < 4.78 is 0. The molecule has 0 radical (unpaired) electrons. The molecule has 3 N–H and O–H groups in total. The predicted octanol–water partition coefficient (Wildman–Crippen LogP) is 0.959. The molecule has 0 amide bonds. The van der Waals surface area contributed by atoms with Gasteiger partial charge in [-0.05, 0) is 12.1 Å². The third-order valence-electron chi connectivity index (χ3n) is 2.07. The van der Waals surface area contributed by atoms with E-state index in [0.29, 0.717) is 10.9 Å². The second-order valence-electron chi connectivity index (χ2n) is 2.93. The molecular formula is C9H6N2O4. The molecule has 0 aliphatic heterocycles. The topological polar surface area (TPSA) is 103 Å². The molecular weight excluding hydrogens is 200 g/mol. The molecule has 0 atom stereocenters. The highest BCUT2D eigenvalue weighted by Crippen LogP contribution is 2.20. The molecule has 0 aliphatic carbocycles. The molecule has 0 saturated heterocycles. The lowest BCUT2D eigenvalue weighted by Gasteiger charge is -2.01. The maximum atomic E-state index is 10.9. The summed E-state index contributed by atoms with van der Waals surface area (Å²) in [5.74, 6) is -2.55. The maximum Gasteiger partial charge on any atom is 0.337 e. The number of aromatic nitrogens is 2. The van der Waals surface area contributed by atoms with E-state index in [1.54, 1.807) is 0 Å². The minimum atomic E-state index is -1.28. The van der Waals surface area contributed by atoms with Crippen molar-refractivity contribution in [1.29, 1.82) is 0 Å².